The smallest absolute Gasteiger partial charge is 0.209 e. The summed E-state index contributed by atoms with van der Waals surface area (Å²) >= 11 is 6.16. The molecule has 1 unspecified atom stereocenters. The molecule has 2 N–H and O–H groups in total. The highest BCUT2D eigenvalue weighted by Gasteiger charge is 2.51. The molecular formula is C34H30ClF2N3O4. The monoisotopic (exact) mass is 617 g/mol. The number of hydrogen-bond acceptors (Lipinski definition) is 6. The van der Waals surface area contributed by atoms with Crippen LogP contribution in [0.15, 0.2) is 72.8 Å². The fourth-order valence-corrected chi connectivity index (χ4v) is 6.65. The van der Waals surface area contributed by atoms with Gasteiger partial charge in [0, 0.05) is 60.3 Å². The lowest BCUT2D eigenvalue weighted by Gasteiger charge is -2.32. The Labute approximate surface area is 257 Å². The molecule has 3 heterocycles. The summed E-state index contributed by atoms with van der Waals surface area (Å²) in [6.07, 6.45) is -0.0458. The highest BCUT2D eigenvalue weighted by molar-refractivity contribution is 6.30. The molecule has 1 aromatic heterocycles. The third-order valence-electron chi connectivity index (χ3n) is 8.64. The fourth-order valence-electron chi connectivity index (χ4n) is 6.53. The van der Waals surface area contributed by atoms with Crippen molar-refractivity contribution in [1.29, 1.82) is 0 Å². The lowest BCUT2D eigenvalue weighted by atomic mass is 9.99. The molecular weight excluding hydrogens is 588 g/mol. The Hall–Kier alpha value is -4.02. The summed E-state index contributed by atoms with van der Waals surface area (Å²) in [7, 11) is 1.56. The first kappa shape index (κ1) is 28.7. The third-order valence-corrected chi connectivity index (χ3v) is 8.89. The van der Waals surface area contributed by atoms with Gasteiger partial charge in [-0.3, -0.25) is 0 Å². The van der Waals surface area contributed by atoms with Crippen LogP contribution in [0, 0.1) is 11.6 Å². The number of methoxy groups -OCH3 is 1. The minimum atomic E-state index is -1.66. The Morgan fingerprint density at radius 2 is 1.82 bits per heavy atom. The Bertz CT molecular complexity index is 1850. The van der Waals surface area contributed by atoms with Gasteiger partial charge in [-0.05, 0) is 54.4 Å². The second-order valence-corrected chi connectivity index (χ2v) is 11.6. The third kappa shape index (κ3) is 4.71. The first-order valence-corrected chi connectivity index (χ1v) is 14.8. The van der Waals surface area contributed by atoms with Crippen LogP contribution in [0.4, 0.5) is 14.5 Å². The van der Waals surface area contributed by atoms with Crippen LogP contribution in [0.1, 0.15) is 41.6 Å². The summed E-state index contributed by atoms with van der Waals surface area (Å²) in [5, 5.41) is 20.0. The van der Waals surface area contributed by atoms with Crippen molar-refractivity contribution < 1.29 is 28.5 Å². The second kappa shape index (κ2) is 11.2. The van der Waals surface area contributed by atoms with E-state index in [1.807, 2.05) is 42.5 Å². The predicted octanol–water partition coefficient (Wildman–Crippen LogP) is 6.70. The van der Waals surface area contributed by atoms with Crippen molar-refractivity contribution in [3.63, 3.8) is 0 Å². The van der Waals surface area contributed by atoms with Crippen molar-refractivity contribution in [1.82, 2.24) is 9.55 Å². The van der Waals surface area contributed by atoms with Crippen molar-refractivity contribution in [2.75, 3.05) is 25.2 Å². The van der Waals surface area contributed by atoms with Crippen LogP contribution in [0.25, 0.3) is 22.2 Å². The number of aromatic nitrogens is 2. The number of para-hydroxylation sites is 1. The van der Waals surface area contributed by atoms with Crippen LogP contribution in [-0.2, 0) is 23.4 Å². The van der Waals surface area contributed by atoms with E-state index >= 15 is 8.78 Å². The molecule has 0 amide bonds. The molecule has 2 aliphatic rings. The van der Waals surface area contributed by atoms with Gasteiger partial charge in [0.1, 0.15) is 17.5 Å². The van der Waals surface area contributed by atoms with E-state index in [2.05, 4.69) is 9.88 Å². The summed E-state index contributed by atoms with van der Waals surface area (Å²) in [4.78, 5) is 6.85. The molecule has 1 fully saturated rings. The number of anilines is 1. The summed E-state index contributed by atoms with van der Waals surface area (Å²) in [5.74, 6) is -0.362. The molecule has 0 bridgehead atoms. The fraction of sp³-hybridized carbons (Fsp3) is 0.265. The Morgan fingerprint density at radius 1 is 1.05 bits per heavy atom. The van der Waals surface area contributed by atoms with Gasteiger partial charge in [-0.25, -0.2) is 13.8 Å². The molecule has 0 saturated carbocycles. The molecule has 0 aliphatic carbocycles. The molecule has 2 aliphatic heterocycles. The Morgan fingerprint density at radius 3 is 2.55 bits per heavy atom. The van der Waals surface area contributed by atoms with Gasteiger partial charge in [-0.15, -0.1) is 0 Å². The van der Waals surface area contributed by atoms with Crippen LogP contribution in [0.5, 0.6) is 5.75 Å². The van der Waals surface area contributed by atoms with E-state index in [4.69, 9.17) is 21.1 Å². The average molecular weight is 618 g/mol. The number of aliphatic hydroxyl groups is 2. The highest BCUT2D eigenvalue weighted by Crippen LogP contribution is 2.55. The van der Waals surface area contributed by atoms with Crippen LogP contribution < -0.4 is 9.64 Å². The SMILES string of the molecule is COCCn1c(Cc2c(F)cc(-c3cccc4c3OC3(c5ccc(Cl)cc5)CCCN43)cc2F)nc2ccc(C(O)O)cc21. The molecule has 226 valence electrons. The summed E-state index contributed by atoms with van der Waals surface area (Å²) in [5.41, 5.74) is 3.52. The maximum Gasteiger partial charge on any atom is 0.209 e. The minimum absolute atomic E-state index is 0.107. The first-order chi connectivity index (χ1) is 21.3. The van der Waals surface area contributed by atoms with E-state index in [1.54, 1.807) is 29.9 Å². The van der Waals surface area contributed by atoms with Crippen LogP contribution >= 0.6 is 11.6 Å². The molecule has 44 heavy (non-hydrogen) atoms. The minimum Gasteiger partial charge on any atom is -0.461 e. The van der Waals surface area contributed by atoms with Crippen molar-refractivity contribution in [3.05, 3.63) is 112 Å². The van der Waals surface area contributed by atoms with Gasteiger partial charge in [0.25, 0.3) is 0 Å². The Balaban J connectivity index is 1.25. The standard InChI is InChI=1S/C34H30ClF2N3O4/c1-43-15-14-39-30-18-20(33(41)42)6-11-28(30)38-31(39)19-25-26(36)16-21(17-27(25)37)24-4-2-5-29-32(24)44-34(12-3-13-40(29)34)22-7-9-23(35)10-8-22/h2,4-11,16-18,33,41-42H,3,12-15,19H2,1H3. The molecule has 1 saturated heterocycles. The number of hydrogen-bond donors (Lipinski definition) is 2. The number of fused-ring (bicyclic) bond motifs is 4. The van der Waals surface area contributed by atoms with Gasteiger partial charge >= 0.3 is 0 Å². The zero-order valence-corrected chi connectivity index (χ0v) is 24.7. The van der Waals surface area contributed by atoms with E-state index in [9.17, 15) is 10.2 Å². The molecule has 0 spiro atoms. The van der Waals surface area contributed by atoms with Gasteiger partial charge in [0.15, 0.2) is 12.0 Å². The Kier molecular flexibility index (Phi) is 7.29. The number of ether oxygens (including phenoxy) is 2. The van der Waals surface area contributed by atoms with E-state index in [1.165, 1.54) is 12.1 Å². The first-order valence-electron chi connectivity index (χ1n) is 14.5. The topological polar surface area (TPSA) is 80.0 Å². The lowest BCUT2D eigenvalue weighted by Crippen LogP contribution is -2.41. The number of aliphatic hydroxyl groups excluding tert-OH is 1. The van der Waals surface area contributed by atoms with Crippen molar-refractivity contribution >= 4 is 28.3 Å². The van der Waals surface area contributed by atoms with Gasteiger partial charge in [-0.2, -0.15) is 0 Å². The quantitative estimate of drug-likeness (QED) is 0.189. The zero-order chi connectivity index (χ0) is 30.6. The van der Waals surface area contributed by atoms with E-state index in [0.29, 0.717) is 57.5 Å². The van der Waals surface area contributed by atoms with Gasteiger partial charge < -0.3 is 29.2 Å². The second-order valence-electron chi connectivity index (χ2n) is 11.2. The molecule has 0 radical (unpaired) electrons. The maximum absolute atomic E-state index is 15.8. The molecule has 7 rings (SSSR count). The maximum atomic E-state index is 15.8. The zero-order valence-electron chi connectivity index (χ0n) is 23.9. The molecule has 5 aromatic rings. The number of rotatable bonds is 8. The summed E-state index contributed by atoms with van der Waals surface area (Å²) in [6, 6.07) is 20.8. The van der Waals surface area contributed by atoms with Gasteiger partial charge in [-0.1, -0.05) is 41.9 Å². The highest BCUT2D eigenvalue weighted by atomic mass is 35.5. The van der Waals surface area contributed by atoms with Crippen LogP contribution in [0.3, 0.4) is 0 Å². The van der Waals surface area contributed by atoms with E-state index in [0.717, 1.165) is 30.6 Å². The summed E-state index contributed by atoms with van der Waals surface area (Å²) in [6.45, 7) is 1.50. The van der Waals surface area contributed by atoms with Gasteiger partial charge in [0.05, 0.1) is 23.3 Å². The summed E-state index contributed by atoms with van der Waals surface area (Å²) < 4.78 is 45.4. The molecule has 1 atom stereocenters. The van der Waals surface area contributed by atoms with Crippen molar-refractivity contribution in [2.45, 2.75) is 37.8 Å². The van der Waals surface area contributed by atoms with E-state index in [-0.39, 0.29) is 12.0 Å². The van der Waals surface area contributed by atoms with Crippen LogP contribution in [0.2, 0.25) is 5.02 Å². The average Bonchev–Trinajstić information content (AvgIpc) is 3.68. The van der Waals surface area contributed by atoms with Crippen LogP contribution in [-0.4, -0.2) is 40.0 Å². The largest absolute Gasteiger partial charge is 0.461 e. The lowest BCUT2D eigenvalue weighted by molar-refractivity contribution is -0.0424. The molecule has 4 aromatic carbocycles. The molecule has 7 nitrogen and oxygen atoms in total. The number of benzene rings is 4. The van der Waals surface area contributed by atoms with Crippen molar-refractivity contribution in [3.8, 4) is 16.9 Å². The predicted molar refractivity (Wildman–Crippen MR) is 164 cm³/mol. The normalized spacial score (nSPS) is 17.4. The number of halogens is 3. The van der Waals surface area contributed by atoms with Crippen molar-refractivity contribution in [2.24, 2.45) is 0 Å². The number of imidazole rings is 1. The number of nitrogens with zero attached hydrogens (tertiary/aromatic N) is 3. The molecule has 10 heteroatoms. The van der Waals surface area contributed by atoms with E-state index < -0.39 is 23.6 Å². The van der Waals surface area contributed by atoms with Gasteiger partial charge in [0.2, 0.25) is 5.72 Å².